The highest BCUT2D eigenvalue weighted by Gasteiger charge is 2.38. The molecule has 5 amide bonds. The Kier molecular flexibility index (Phi) is 8.61. The zero-order valence-corrected chi connectivity index (χ0v) is 23.3. The number of primary amides is 1. The third-order valence-electron chi connectivity index (χ3n) is 7.03. The van der Waals surface area contributed by atoms with Crippen molar-refractivity contribution < 1.29 is 19.2 Å². The van der Waals surface area contributed by atoms with E-state index in [9.17, 15) is 19.2 Å². The molecule has 0 unspecified atom stereocenters. The summed E-state index contributed by atoms with van der Waals surface area (Å²) in [7, 11) is 3.83. The molecule has 0 saturated carbocycles. The van der Waals surface area contributed by atoms with Gasteiger partial charge in [-0.1, -0.05) is 18.2 Å². The van der Waals surface area contributed by atoms with Gasteiger partial charge in [0.05, 0.1) is 6.54 Å². The topological polar surface area (TPSA) is 144 Å². The lowest BCUT2D eigenvalue weighted by atomic mass is 10.0. The summed E-state index contributed by atoms with van der Waals surface area (Å²) < 4.78 is 0. The monoisotopic (exact) mass is 547 g/mol. The molecule has 2 aromatic carbocycles. The third-order valence-corrected chi connectivity index (χ3v) is 7.03. The van der Waals surface area contributed by atoms with Crippen molar-refractivity contribution in [1.29, 1.82) is 0 Å². The number of H-pyrrole nitrogens is 1. The molecule has 40 heavy (non-hydrogen) atoms. The van der Waals surface area contributed by atoms with Gasteiger partial charge in [0.1, 0.15) is 12.1 Å². The summed E-state index contributed by atoms with van der Waals surface area (Å²) in [6.07, 6.45) is 1.97. The number of fused-ring (bicyclic) bond motifs is 1. The van der Waals surface area contributed by atoms with Crippen LogP contribution in [-0.2, 0) is 16.0 Å². The fraction of sp³-hybridized carbons (Fsp3) is 0.379. The van der Waals surface area contributed by atoms with E-state index in [-0.39, 0.29) is 38.0 Å². The van der Waals surface area contributed by atoms with Crippen LogP contribution in [0.4, 0.5) is 10.5 Å². The molecular weight excluding hydrogens is 510 g/mol. The molecule has 1 fully saturated rings. The average Bonchev–Trinajstić information content (AvgIpc) is 3.34. The number of nitrogens with one attached hydrogen (secondary N) is 3. The Labute approximate surface area is 233 Å². The number of benzene rings is 2. The largest absolute Gasteiger partial charge is 0.378 e. The van der Waals surface area contributed by atoms with E-state index in [2.05, 4.69) is 15.6 Å². The second-order valence-electron chi connectivity index (χ2n) is 10.5. The minimum absolute atomic E-state index is 0.0236. The van der Waals surface area contributed by atoms with Crippen molar-refractivity contribution in [3.8, 4) is 0 Å². The van der Waals surface area contributed by atoms with Crippen LogP contribution >= 0.6 is 0 Å². The first-order chi connectivity index (χ1) is 19.0. The predicted molar refractivity (Wildman–Crippen MR) is 154 cm³/mol. The second-order valence-corrected chi connectivity index (χ2v) is 10.5. The van der Waals surface area contributed by atoms with Gasteiger partial charge < -0.3 is 36.1 Å². The number of hydrogen-bond donors (Lipinski definition) is 4. The lowest BCUT2D eigenvalue weighted by molar-refractivity contribution is -0.131. The highest BCUT2D eigenvalue weighted by molar-refractivity contribution is 5.97. The maximum Gasteiger partial charge on any atom is 0.318 e. The van der Waals surface area contributed by atoms with Gasteiger partial charge in [-0.3, -0.25) is 14.4 Å². The van der Waals surface area contributed by atoms with Gasteiger partial charge >= 0.3 is 6.03 Å². The van der Waals surface area contributed by atoms with Crippen LogP contribution in [0.2, 0.25) is 0 Å². The number of amides is 5. The Morgan fingerprint density at radius 2 is 1.73 bits per heavy atom. The molecule has 11 nitrogen and oxygen atoms in total. The van der Waals surface area contributed by atoms with E-state index in [1.165, 1.54) is 4.90 Å². The molecule has 212 valence electrons. The first kappa shape index (κ1) is 28.5. The Morgan fingerprint density at radius 3 is 2.38 bits per heavy atom. The van der Waals surface area contributed by atoms with Crippen molar-refractivity contribution in [3.63, 3.8) is 0 Å². The molecule has 0 bridgehead atoms. The summed E-state index contributed by atoms with van der Waals surface area (Å²) in [5.74, 6) is -1.48. The number of aromatic amines is 1. The molecule has 1 aromatic heterocycles. The molecule has 1 aliphatic rings. The molecule has 5 N–H and O–H groups in total. The zero-order valence-electron chi connectivity index (χ0n) is 23.3. The summed E-state index contributed by atoms with van der Waals surface area (Å²) in [6.45, 7) is 4.05. The van der Waals surface area contributed by atoms with E-state index < -0.39 is 29.9 Å². The van der Waals surface area contributed by atoms with Gasteiger partial charge in [0.15, 0.2) is 0 Å². The van der Waals surface area contributed by atoms with Crippen molar-refractivity contribution in [2.24, 2.45) is 5.73 Å². The lowest BCUT2D eigenvalue weighted by Gasteiger charge is -2.41. The minimum atomic E-state index is -1.01. The van der Waals surface area contributed by atoms with Gasteiger partial charge in [-0.05, 0) is 49.7 Å². The fourth-order valence-corrected chi connectivity index (χ4v) is 4.86. The Balaban J connectivity index is 1.54. The van der Waals surface area contributed by atoms with Gasteiger partial charge in [-0.25, -0.2) is 4.79 Å². The smallest absolute Gasteiger partial charge is 0.318 e. The number of urea groups is 1. The van der Waals surface area contributed by atoms with Crippen LogP contribution in [0.5, 0.6) is 0 Å². The highest BCUT2D eigenvalue weighted by Crippen LogP contribution is 2.20. The quantitative estimate of drug-likeness (QED) is 0.339. The standard InChI is InChI=1S/C29H37N7O4/c1-18(2)32-29(40)36-14-13-35(28(39)19-9-11-21(12-10-19)34(3)4)17-25(36)27(38)33-24(26(30)37)15-20-16-31-23-8-6-5-7-22(20)23/h5-12,16,18,24-25,31H,13-15,17H2,1-4H3,(H2,30,37)(H,32,40)(H,33,38)/t24-,25+/m1/s1. The summed E-state index contributed by atoms with van der Waals surface area (Å²) in [6, 6.07) is 12.3. The number of hydrogen-bond acceptors (Lipinski definition) is 5. The molecule has 0 aliphatic carbocycles. The summed E-state index contributed by atoms with van der Waals surface area (Å²) >= 11 is 0. The number of carbonyl (C=O) groups excluding carboxylic acids is 4. The number of nitrogens with zero attached hydrogens (tertiary/aromatic N) is 3. The maximum atomic E-state index is 13.6. The predicted octanol–water partition coefficient (Wildman–Crippen LogP) is 1.69. The number of piperazine rings is 1. The molecule has 0 spiro atoms. The van der Waals surface area contributed by atoms with Crippen LogP contribution in [0.25, 0.3) is 10.9 Å². The zero-order chi connectivity index (χ0) is 29.0. The van der Waals surface area contributed by atoms with E-state index in [1.54, 1.807) is 23.2 Å². The van der Waals surface area contributed by atoms with Gasteiger partial charge in [-0.15, -0.1) is 0 Å². The number of aromatic nitrogens is 1. The number of rotatable bonds is 8. The van der Waals surface area contributed by atoms with Crippen LogP contribution in [-0.4, -0.2) is 90.4 Å². The fourth-order valence-electron chi connectivity index (χ4n) is 4.86. The first-order valence-corrected chi connectivity index (χ1v) is 13.3. The molecule has 11 heteroatoms. The van der Waals surface area contributed by atoms with Gasteiger partial charge in [-0.2, -0.15) is 0 Å². The molecule has 1 saturated heterocycles. The van der Waals surface area contributed by atoms with E-state index in [4.69, 9.17) is 5.73 Å². The van der Waals surface area contributed by atoms with Crippen LogP contribution in [0, 0.1) is 0 Å². The number of anilines is 1. The van der Waals surface area contributed by atoms with E-state index >= 15 is 0 Å². The third kappa shape index (κ3) is 6.36. The Bertz CT molecular complexity index is 1380. The SMILES string of the molecule is CC(C)NC(=O)N1CCN(C(=O)c2ccc(N(C)C)cc2)C[C@H]1C(=O)N[C@H](Cc1c[nH]c2ccccc12)C(N)=O. The lowest BCUT2D eigenvalue weighted by Crippen LogP contribution is -2.65. The Hall–Kier alpha value is -4.54. The molecule has 2 atom stereocenters. The number of nitrogens with two attached hydrogens (primary N) is 1. The molecule has 2 heterocycles. The van der Waals surface area contributed by atoms with Crippen molar-refractivity contribution in [3.05, 3.63) is 65.9 Å². The summed E-state index contributed by atoms with van der Waals surface area (Å²) in [4.78, 5) is 60.5. The second kappa shape index (κ2) is 12.1. The summed E-state index contributed by atoms with van der Waals surface area (Å²) in [5.41, 5.74) is 8.87. The molecule has 3 aromatic rings. The van der Waals surface area contributed by atoms with Crippen molar-refractivity contribution >= 4 is 40.3 Å². The average molecular weight is 548 g/mol. The van der Waals surface area contributed by atoms with Crippen molar-refractivity contribution in [2.45, 2.75) is 38.4 Å². The maximum absolute atomic E-state index is 13.6. The molecular formula is C29H37N7O4. The highest BCUT2D eigenvalue weighted by atomic mass is 16.2. The van der Waals surface area contributed by atoms with Crippen LogP contribution in [0.15, 0.2) is 54.7 Å². The van der Waals surface area contributed by atoms with E-state index in [1.807, 2.05) is 69.2 Å². The van der Waals surface area contributed by atoms with Crippen molar-refractivity contribution in [2.75, 3.05) is 38.6 Å². The number of carbonyl (C=O) groups is 4. The van der Waals surface area contributed by atoms with Gasteiger partial charge in [0.25, 0.3) is 5.91 Å². The molecule has 1 aliphatic heterocycles. The molecule has 0 radical (unpaired) electrons. The normalized spacial score (nSPS) is 16.1. The van der Waals surface area contributed by atoms with E-state index in [0.29, 0.717) is 5.56 Å². The molecule has 4 rings (SSSR count). The van der Waals surface area contributed by atoms with Gasteiger partial charge in [0, 0.05) is 68.0 Å². The minimum Gasteiger partial charge on any atom is -0.378 e. The van der Waals surface area contributed by atoms with E-state index in [0.717, 1.165) is 22.2 Å². The van der Waals surface area contributed by atoms with Crippen LogP contribution in [0.1, 0.15) is 29.8 Å². The first-order valence-electron chi connectivity index (χ1n) is 13.3. The van der Waals surface area contributed by atoms with Crippen LogP contribution in [0.3, 0.4) is 0 Å². The summed E-state index contributed by atoms with van der Waals surface area (Å²) in [5, 5.41) is 6.51. The number of para-hydroxylation sites is 1. The Morgan fingerprint density at radius 1 is 1.02 bits per heavy atom. The van der Waals surface area contributed by atoms with Gasteiger partial charge in [0.2, 0.25) is 11.8 Å². The van der Waals surface area contributed by atoms with Crippen molar-refractivity contribution in [1.82, 2.24) is 25.4 Å². The van der Waals surface area contributed by atoms with Crippen LogP contribution < -0.4 is 21.3 Å².